The van der Waals surface area contributed by atoms with Gasteiger partial charge >= 0.3 is 0 Å². The molecule has 1 aromatic carbocycles. The molecule has 0 bridgehead atoms. The Hall–Kier alpha value is -1.96. The molecule has 1 heterocycles. The fourth-order valence-corrected chi connectivity index (χ4v) is 1.83. The highest BCUT2D eigenvalue weighted by Gasteiger charge is 2.11. The van der Waals surface area contributed by atoms with Crippen LogP contribution in [0.4, 0.5) is 0 Å². The monoisotopic (exact) mass is 225 g/mol. The Labute approximate surface area is 101 Å². The molecular formula is C15H15NO. The minimum atomic E-state index is 0.0370. The summed E-state index contributed by atoms with van der Waals surface area (Å²) in [5, 5.41) is 0. The van der Waals surface area contributed by atoms with Crippen molar-refractivity contribution in [3.63, 3.8) is 0 Å². The molecule has 0 aliphatic heterocycles. The predicted molar refractivity (Wildman–Crippen MR) is 68.3 cm³/mol. The third-order valence-corrected chi connectivity index (χ3v) is 2.80. The molecule has 0 amide bonds. The molecule has 2 heteroatoms. The number of nitrogens with zero attached hydrogens (tertiary/aromatic N) is 1. The summed E-state index contributed by atoms with van der Waals surface area (Å²) in [7, 11) is 0. The van der Waals surface area contributed by atoms with Gasteiger partial charge in [0.15, 0.2) is 5.78 Å². The van der Waals surface area contributed by atoms with Crippen molar-refractivity contribution < 1.29 is 4.79 Å². The van der Waals surface area contributed by atoms with E-state index in [0.717, 1.165) is 16.8 Å². The highest BCUT2D eigenvalue weighted by molar-refractivity contribution is 6.09. The van der Waals surface area contributed by atoms with E-state index in [2.05, 4.69) is 4.98 Å². The summed E-state index contributed by atoms with van der Waals surface area (Å²) in [6.07, 6.45) is 1.64. The zero-order valence-corrected chi connectivity index (χ0v) is 10.3. The van der Waals surface area contributed by atoms with Crippen LogP contribution in [0.1, 0.15) is 32.7 Å². The molecule has 0 saturated heterocycles. The summed E-state index contributed by atoms with van der Waals surface area (Å²) in [5.41, 5.74) is 4.49. The Bertz CT molecular complexity index is 556. The average molecular weight is 225 g/mol. The van der Waals surface area contributed by atoms with Crippen LogP contribution in [0.2, 0.25) is 0 Å². The van der Waals surface area contributed by atoms with Crippen LogP contribution in [-0.4, -0.2) is 10.8 Å². The van der Waals surface area contributed by atoms with E-state index in [0.29, 0.717) is 5.56 Å². The van der Waals surface area contributed by atoms with E-state index in [4.69, 9.17) is 0 Å². The van der Waals surface area contributed by atoms with Gasteiger partial charge in [0.2, 0.25) is 0 Å². The summed E-state index contributed by atoms with van der Waals surface area (Å²) >= 11 is 0. The Balaban J connectivity index is 2.40. The summed E-state index contributed by atoms with van der Waals surface area (Å²) in [5.74, 6) is 0.0370. The molecule has 0 spiro atoms. The second kappa shape index (κ2) is 4.50. The van der Waals surface area contributed by atoms with Crippen LogP contribution in [-0.2, 0) is 0 Å². The van der Waals surface area contributed by atoms with Crippen molar-refractivity contribution >= 4 is 5.78 Å². The minimum absolute atomic E-state index is 0.0370. The van der Waals surface area contributed by atoms with E-state index in [9.17, 15) is 4.79 Å². The minimum Gasteiger partial charge on any atom is -0.289 e. The van der Waals surface area contributed by atoms with E-state index in [1.54, 1.807) is 6.20 Å². The zero-order chi connectivity index (χ0) is 12.4. The fraction of sp³-hybridized carbons (Fsp3) is 0.200. The van der Waals surface area contributed by atoms with Crippen LogP contribution < -0.4 is 0 Å². The fourth-order valence-electron chi connectivity index (χ4n) is 1.83. The molecule has 0 radical (unpaired) electrons. The average Bonchev–Trinajstić information content (AvgIpc) is 2.29. The highest BCUT2D eigenvalue weighted by atomic mass is 16.1. The number of pyridine rings is 1. The molecule has 0 saturated carbocycles. The van der Waals surface area contributed by atoms with Crippen molar-refractivity contribution in [1.82, 2.24) is 4.98 Å². The number of carbonyl (C=O) groups excluding carboxylic acids is 1. The van der Waals surface area contributed by atoms with E-state index in [1.165, 1.54) is 5.56 Å². The van der Waals surface area contributed by atoms with Crippen molar-refractivity contribution in [1.29, 1.82) is 0 Å². The molecule has 86 valence electrons. The van der Waals surface area contributed by atoms with Gasteiger partial charge in [-0.25, -0.2) is 0 Å². The van der Waals surface area contributed by atoms with Crippen molar-refractivity contribution in [3.8, 4) is 0 Å². The van der Waals surface area contributed by atoms with Crippen molar-refractivity contribution in [3.05, 3.63) is 64.5 Å². The van der Waals surface area contributed by atoms with Gasteiger partial charge in [-0.15, -0.1) is 0 Å². The number of aryl methyl sites for hydroxylation is 3. The third-order valence-electron chi connectivity index (χ3n) is 2.80. The van der Waals surface area contributed by atoms with Gasteiger partial charge in [-0.3, -0.25) is 9.78 Å². The lowest BCUT2D eigenvalue weighted by Gasteiger charge is -2.06. The van der Waals surface area contributed by atoms with Crippen LogP contribution in [0.15, 0.2) is 36.5 Å². The maximum Gasteiger partial charge on any atom is 0.194 e. The van der Waals surface area contributed by atoms with Crippen LogP contribution in [0.25, 0.3) is 0 Å². The molecule has 0 unspecified atom stereocenters. The van der Waals surface area contributed by atoms with Crippen LogP contribution >= 0.6 is 0 Å². The summed E-state index contributed by atoms with van der Waals surface area (Å²) in [6.45, 7) is 5.89. The van der Waals surface area contributed by atoms with E-state index in [-0.39, 0.29) is 5.78 Å². The Morgan fingerprint density at radius 1 is 1.06 bits per heavy atom. The Morgan fingerprint density at radius 2 is 1.82 bits per heavy atom. The van der Waals surface area contributed by atoms with Gasteiger partial charge in [-0.1, -0.05) is 23.8 Å². The molecular weight excluding hydrogens is 210 g/mol. The summed E-state index contributed by atoms with van der Waals surface area (Å²) in [6, 6.07) is 9.55. The quantitative estimate of drug-likeness (QED) is 0.734. The topological polar surface area (TPSA) is 30.0 Å². The number of carbonyl (C=O) groups is 1. The largest absolute Gasteiger partial charge is 0.289 e. The van der Waals surface area contributed by atoms with Gasteiger partial charge in [0.05, 0.1) is 0 Å². The lowest BCUT2D eigenvalue weighted by Crippen LogP contribution is -2.04. The molecule has 2 nitrogen and oxygen atoms in total. The predicted octanol–water partition coefficient (Wildman–Crippen LogP) is 3.24. The molecule has 0 N–H and O–H groups in total. The first-order valence-corrected chi connectivity index (χ1v) is 5.62. The van der Waals surface area contributed by atoms with Crippen molar-refractivity contribution in [2.45, 2.75) is 20.8 Å². The van der Waals surface area contributed by atoms with Gasteiger partial charge in [-0.2, -0.15) is 0 Å². The summed E-state index contributed by atoms with van der Waals surface area (Å²) < 4.78 is 0. The lowest BCUT2D eigenvalue weighted by molar-refractivity contribution is 0.103. The second-order valence-corrected chi connectivity index (χ2v) is 4.34. The van der Waals surface area contributed by atoms with Gasteiger partial charge < -0.3 is 0 Å². The smallest absolute Gasteiger partial charge is 0.194 e. The second-order valence-electron chi connectivity index (χ2n) is 4.34. The molecule has 1 aromatic heterocycles. The SMILES string of the molecule is Cc1ccc(C(=O)c2ccc(C)nc2)c(C)c1. The van der Waals surface area contributed by atoms with Gasteiger partial charge in [0.1, 0.15) is 0 Å². The molecule has 0 atom stereocenters. The normalized spacial score (nSPS) is 10.3. The number of hydrogen-bond donors (Lipinski definition) is 0. The van der Waals surface area contributed by atoms with Crippen molar-refractivity contribution in [2.75, 3.05) is 0 Å². The van der Waals surface area contributed by atoms with Gasteiger partial charge in [0.25, 0.3) is 0 Å². The summed E-state index contributed by atoms with van der Waals surface area (Å²) in [4.78, 5) is 16.4. The number of hydrogen-bond acceptors (Lipinski definition) is 2. The van der Waals surface area contributed by atoms with Crippen LogP contribution in [0, 0.1) is 20.8 Å². The number of rotatable bonds is 2. The number of aromatic nitrogens is 1. The first-order chi connectivity index (χ1) is 8.08. The molecule has 2 aromatic rings. The molecule has 2 rings (SSSR count). The number of benzene rings is 1. The maximum atomic E-state index is 12.2. The Kier molecular flexibility index (Phi) is 3.05. The zero-order valence-electron chi connectivity index (χ0n) is 10.3. The standard InChI is InChI=1S/C15H15NO/c1-10-4-7-14(11(2)8-10)15(17)13-6-5-12(3)16-9-13/h4-9H,1-3H3. The van der Waals surface area contributed by atoms with Crippen LogP contribution in [0.5, 0.6) is 0 Å². The lowest BCUT2D eigenvalue weighted by atomic mass is 9.98. The maximum absolute atomic E-state index is 12.2. The van der Waals surface area contributed by atoms with Gasteiger partial charge in [-0.05, 0) is 38.5 Å². The molecule has 0 fully saturated rings. The van der Waals surface area contributed by atoms with E-state index in [1.807, 2.05) is 51.1 Å². The van der Waals surface area contributed by atoms with Crippen molar-refractivity contribution in [2.24, 2.45) is 0 Å². The first-order valence-electron chi connectivity index (χ1n) is 5.62. The van der Waals surface area contributed by atoms with Gasteiger partial charge in [0, 0.05) is 23.0 Å². The molecule has 0 aliphatic carbocycles. The van der Waals surface area contributed by atoms with Crippen LogP contribution in [0.3, 0.4) is 0 Å². The number of ketones is 1. The molecule has 17 heavy (non-hydrogen) atoms. The third kappa shape index (κ3) is 2.41. The van der Waals surface area contributed by atoms with E-state index < -0.39 is 0 Å². The van der Waals surface area contributed by atoms with E-state index >= 15 is 0 Å². The highest BCUT2D eigenvalue weighted by Crippen LogP contribution is 2.15. The first kappa shape index (κ1) is 11.5. The molecule has 0 aliphatic rings. The Morgan fingerprint density at radius 3 is 2.41 bits per heavy atom.